The summed E-state index contributed by atoms with van der Waals surface area (Å²) in [6, 6.07) is 7.55. The van der Waals surface area contributed by atoms with Crippen molar-refractivity contribution < 1.29 is 31.9 Å². The number of hydrogen-bond acceptors (Lipinski definition) is 9. The Hall–Kier alpha value is -4.13. The van der Waals surface area contributed by atoms with E-state index < -0.39 is 55.4 Å². The number of anilines is 1. The van der Waals surface area contributed by atoms with Crippen LogP contribution in [0.15, 0.2) is 47.5 Å². The van der Waals surface area contributed by atoms with Crippen molar-refractivity contribution in [3.63, 3.8) is 0 Å². The summed E-state index contributed by atoms with van der Waals surface area (Å²) >= 11 is 0. The summed E-state index contributed by atoms with van der Waals surface area (Å²) in [5, 5.41) is 10.4. The molecule has 4 rings (SSSR count). The molecule has 1 N–H and O–H groups in total. The lowest BCUT2D eigenvalue weighted by Crippen LogP contribution is -2.51. The summed E-state index contributed by atoms with van der Waals surface area (Å²) in [4.78, 5) is 32.0. The van der Waals surface area contributed by atoms with Crippen LogP contribution in [0.3, 0.4) is 0 Å². The number of benzene rings is 2. The molecule has 11 nitrogen and oxygen atoms in total. The van der Waals surface area contributed by atoms with E-state index in [2.05, 4.69) is 20.5 Å². The number of aromatic nitrogens is 3. The van der Waals surface area contributed by atoms with Gasteiger partial charge >= 0.3 is 6.09 Å². The number of nitrogens with one attached hydrogen (secondary N) is 1. The molecule has 1 aliphatic rings. The zero-order valence-electron chi connectivity index (χ0n) is 26.1. The van der Waals surface area contributed by atoms with Gasteiger partial charge in [0.25, 0.3) is 5.91 Å². The van der Waals surface area contributed by atoms with Crippen molar-refractivity contribution in [3.8, 4) is 17.1 Å². The van der Waals surface area contributed by atoms with E-state index in [1.165, 1.54) is 17.2 Å². The van der Waals surface area contributed by atoms with Crippen LogP contribution in [0.25, 0.3) is 11.4 Å². The molecule has 0 bridgehead atoms. The van der Waals surface area contributed by atoms with Crippen molar-refractivity contribution >= 4 is 27.5 Å². The van der Waals surface area contributed by atoms with E-state index >= 15 is 4.39 Å². The minimum absolute atomic E-state index is 0.0494. The largest absolute Gasteiger partial charge is 0.491 e. The number of ether oxygens (including phenoxy) is 2. The molecule has 0 saturated heterocycles. The normalized spacial score (nSPS) is 16.7. The Morgan fingerprint density at radius 3 is 2.36 bits per heavy atom. The second kappa shape index (κ2) is 12.1. The first-order valence-electron chi connectivity index (χ1n) is 14.2. The van der Waals surface area contributed by atoms with Crippen LogP contribution in [0.4, 0.5) is 14.9 Å². The first kappa shape index (κ1) is 32.8. The first-order chi connectivity index (χ1) is 20.3. The molecule has 0 fully saturated rings. The van der Waals surface area contributed by atoms with Crippen LogP contribution >= 0.6 is 0 Å². The van der Waals surface area contributed by atoms with E-state index in [1.54, 1.807) is 45.0 Å². The molecular weight excluding hydrogens is 589 g/mol. The second-order valence-corrected chi connectivity index (χ2v) is 14.9. The van der Waals surface area contributed by atoms with Gasteiger partial charge in [0.1, 0.15) is 23.2 Å². The molecule has 0 saturated carbocycles. The maximum Gasteiger partial charge on any atom is 0.408 e. The molecule has 1 aromatic heterocycles. The van der Waals surface area contributed by atoms with Crippen molar-refractivity contribution in [1.82, 2.24) is 20.5 Å². The van der Waals surface area contributed by atoms with Crippen LogP contribution in [-0.4, -0.2) is 59.1 Å². The zero-order chi connectivity index (χ0) is 32.6. The predicted molar refractivity (Wildman–Crippen MR) is 163 cm³/mol. The fraction of sp³-hybridized carbons (Fsp3) is 0.452. The Morgan fingerprint density at radius 1 is 1.11 bits per heavy atom. The van der Waals surface area contributed by atoms with E-state index in [1.807, 2.05) is 34.6 Å². The summed E-state index contributed by atoms with van der Waals surface area (Å²) in [7, 11) is -4.30. The molecule has 0 unspecified atom stereocenters. The van der Waals surface area contributed by atoms with Crippen molar-refractivity contribution in [2.75, 3.05) is 10.7 Å². The number of halogens is 1. The Balaban J connectivity index is 1.85. The van der Waals surface area contributed by atoms with E-state index in [-0.39, 0.29) is 29.7 Å². The van der Waals surface area contributed by atoms with Gasteiger partial charge in [0.05, 0.1) is 46.4 Å². The number of carbonyl (C=O) groups excluding carboxylic acids is 2. The lowest BCUT2D eigenvalue weighted by molar-refractivity contribution is -0.120. The van der Waals surface area contributed by atoms with Gasteiger partial charge < -0.3 is 19.7 Å². The number of rotatable bonds is 6. The second-order valence-electron chi connectivity index (χ2n) is 12.9. The molecule has 3 aromatic rings. The summed E-state index contributed by atoms with van der Waals surface area (Å²) in [6.07, 6.45) is 0.467. The Morgan fingerprint density at radius 2 is 1.77 bits per heavy atom. The van der Waals surface area contributed by atoms with Gasteiger partial charge in [-0.15, -0.1) is 5.10 Å². The van der Waals surface area contributed by atoms with Crippen LogP contribution < -0.4 is 15.0 Å². The monoisotopic (exact) mass is 627 g/mol. The minimum Gasteiger partial charge on any atom is -0.491 e. The predicted octanol–water partition coefficient (Wildman–Crippen LogP) is 4.98. The van der Waals surface area contributed by atoms with Gasteiger partial charge in [0.2, 0.25) is 0 Å². The molecule has 0 aliphatic carbocycles. The maximum absolute atomic E-state index is 15.7. The van der Waals surface area contributed by atoms with Crippen molar-refractivity contribution in [2.45, 2.75) is 90.0 Å². The van der Waals surface area contributed by atoms with E-state index in [4.69, 9.17) is 9.47 Å². The van der Waals surface area contributed by atoms with Gasteiger partial charge in [-0.1, -0.05) is 32.9 Å². The minimum atomic E-state index is -4.30. The maximum atomic E-state index is 15.7. The lowest BCUT2D eigenvalue weighted by atomic mass is 9.93. The first-order valence-corrected chi connectivity index (χ1v) is 15.8. The summed E-state index contributed by atoms with van der Waals surface area (Å²) in [5.41, 5.74) is -0.351. The molecule has 2 amide bonds. The lowest BCUT2D eigenvalue weighted by Gasteiger charge is -2.27. The Bertz CT molecular complexity index is 1660. The number of fused-ring (bicyclic) bond motifs is 1. The van der Waals surface area contributed by atoms with Gasteiger partial charge in [0, 0.05) is 5.41 Å². The highest BCUT2D eigenvalue weighted by molar-refractivity contribution is 7.91. The third kappa shape index (κ3) is 7.68. The van der Waals surface area contributed by atoms with E-state index in [9.17, 15) is 18.0 Å². The van der Waals surface area contributed by atoms with Gasteiger partial charge in [-0.2, -0.15) is 5.10 Å². The fourth-order valence-corrected chi connectivity index (χ4v) is 6.10. The molecule has 0 radical (unpaired) electrons. The molecule has 0 spiro atoms. The molecule has 13 heteroatoms. The van der Waals surface area contributed by atoms with Gasteiger partial charge in [-0.05, 0) is 64.4 Å². The molecule has 1 atom stereocenters. The van der Waals surface area contributed by atoms with E-state index in [0.29, 0.717) is 17.0 Å². The highest BCUT2D eigenvalue weighted by Crippen LogP contribution is 2.37. The number of nitrogens with zero attached hydrogens (tertiary/aromatic N) is 4. The quantitative estimate of drug-likeness (QED) is 0.401. The number of amides is 2. The van der Waals surface area contributed by atoms with Gasteiger partial charge in [-0.3, -0.25) is 4.79 Å². The van der Waals surface area contributed by atoms with E-state index in [0.717, 1.165) is 6.07 Å². The Labute approximate surface area is 257 Å². The number of carbonyl (C=O) groups is 2. The number of hydrogen-bond donors (Lipinski definition) is 1. The van der Waals surface area contributed by atoms with Crippen LogP contribution in [0.5, 0.6) is 5.75 Å². The smallest absolute Gasteiger partial charge is 0.408 e. The zero-order valence-corrected chi connectivity index (χ0v) is 27.0. The molecular formula is C31H38FN5O6S. The van der Waals surface area contributed by atoms with Crippen LogP contribution in [0.1, 0.15) is 66.6 Å². The molecule has 2 aromatic carbocycles. The third-order valence-electron chi connectivity index (χ3n) is 6.52. The molecule has 236 valence electrons. The molecule has 1 aliphatic heterocycles. The van der Waals surface area contributed by atoms with Crippen molar-refractivity contribution in [3.05, 3.63) is 59.7 Å². The topological polar surface area (TPSA) is 141 Å². The average Bonchev–Trinajstić information content (AvgIpc) is 2.96. The highest BCUT2D eigenvalue weighted by atomic mass is 32.2. The summed E-state index contributed by atoms with van der Waals surface area (Å²) < 4.78 is 54.0. The standard InChI is InChI=1S/C31H38FN5O6S/c1-18(2)42-20-11-9-19(10-12-20)16-37-24-13-21(27-35-26(15-33-36-27)30(3,4)5)22(32)14-25(24)44(40,41)17-23(28(37)38)34-29(39)43-31(6,7)8/h9-15,18,23H,16-17H2,1-8H3,(H,34,39)/t23-/m0/s1. The number of sulfone groups is 1. The molecule has 2 heterocycles. The van der Waals surface area contributed by atoms with Gasteiger partial charge in [-0.25, -0.2) is 22.6 Å². The average molecular weight is 628 g/mol. The summed E-state index contributed by atoms with van der Waals surface area (Å²) in [5.74, 6) is -1.87. The number of alkyl carbamates (subject to hydrolysis) is 1. The SMILES string of the molecule is CC(C)Oc1ccc(CN2C(=O)[C@@H](NC(=O)OC(C)(C)C)CS(=O)(=O)c3cc(F)c(-c4nncc(C(C)(C)C)n4)cc32)cc1. The Kier molecular flexibility index (Phi) is 9.01. The van der Waals surface area contributed by atoms with Crippen molar-refractivity contribution in [1.29, 1.82) is 0 Å². The van der Waals surface area contributed by atoms with Crippen LogP contribution in [0, 0.1) is 5.82 Å². The van der Waals surface area contributed by atoms with Crippen LogP contribution in [-0.2, 0) is 31.3 Å². The molecule has 44 heavy (non-hydrogen) atoms. The fourth-order valence-electron chi connectivity index (χ4n) is 4.49. The highest BCUT2D eigenvalue weighted by Gasteiger charge is 2.40. The summed E-state index contributed by atoms with van der Waals surface area (Å²) in [6.45, 7) is 14.4. The van der Waals surface area contributed by atoms with Crippen molar-refractivity contribution in [2.24, 2.45) is 0 Å². The van der Waals surface area contributed by atoms with Crippen LogP contribution in [0.2, 0.25) is 0 Å². The van der Waals surface area contributed by atoms with Gasteiger partial charge in [0.15, 0.2) is 15.7 Å². The third-order valence-corrected chi connectivity index (χ3v) is 8.29.